The van der Waals surface area contributed by atoms with Crippen LogP contribution < -0.4 is 0 Å². The molecular formula is C24H25BrCl2O2. The van der Waals surface area contributed by atoms with Crippen LogP contribution in [0, 0.1) is 5.92 Å². The van der Waals surface area contributed by atoms with Crippen LogP contribution >= 0.6 is 39.1 Å². The van der Waals surface area contributed by atoms with E-state index in [1.165, 1.54) is 12.8 Å². The number of Topliss-reactive ketones (excluding diaryl/α,β-unsaturated/α-hetero) is 2. The SMILES string of the molecule is O=C(c1ccccc1Cl)C1(Br)CCCC1.O=C(c1ccccc1Cl)C1CCCC1. The van der Waals surface area contributed by atoms with Gasteiger partial charge in [0.2, 0.25) is 0 Å². The van der Waals surface area contributed by atoms with Gasteiger partial charge >= 0.3 is 0 Å². The maximum Gasteiger partial charge on any atom is 0.181 e. The van der Waals surface area contributed by atoms with E-state index in [4.69, 9.17) is 23.2 Å². The molecule has 154 valence electrons. The largest absolute Gasteiger partial charge is 0.294 e. The van der Waals surface area contributed by atoms with Gasteiger partial charge in [-0.2, -0.15) is 0 Å². The van der Waals surface area contributed by atoms with Gasteiger partial charge in [-0.05, 0) is 49.9 Å². The molecule has 0 aromatic heterocycles. The third kappa shape index (κ3) is 5.51. The summed E-state index contributed by atoms with van der Waals surface area (Å²) < 4.78 is -0.363. The molecule has 0 N–H and O–H groups in total. The molecule has 0 bridgehead atoms. The highest BCUT2D eigenvalue weighted by Crippen LogP contribution is 2.41. The molecule has 0 spiro atoms. The van der Waals surface area contributed by atoms with Crippen LogP contribution in [-0.2, 0) is 0 Å². The number of ketones is 2. The molecule has 2 aliphatic carbocycles. The fraction of sp³-hybridized carbons (Fsp3) is 0.417. The van der Waals surface area contributed by atoms with Crippen molar-refractivity contribution in [2.45, 2.75) is 55.7 Å². The summed E-state index contributed by atoms with van der Waals surface area (Å²) in [6, 6.07) is 14.6. The zero-order chi connectivity index (χ0) is 20.9. The Hall–Kier alpha value is -1.16. The molecule has 29 heavy (non-hydrogen) atoms. The van der Waals surface area contributed by atoms with Crippen LogP contribution in [0.2, 0.25) is 10.0 Å². The molecule has 0 aliphatic heterocycles. The van der Waals surface area contributed by atoms with E-state index in [0.717, 1.165) is 38.5 Å². The van der Waals surface area contributed by atoms with Gasteiger partial charge in [-0.3, -0.25) is 9.59 Å². The van der Waals surface area contributed by atoms with Gasteiger partial charge in [-0.15, -0.1) is 0 Å². The van der Waals surface area contributed by atoms with Crippen LogP contribution in [-0.4, -0.2) is 15.9 Å². The molecule has 0 radical (unpaired) electrons. The molecule has 2 nitrogen and oxygen atoms in total. The fourth-order valence-corrected chi connectivity index (χ4v) is 5.34. The predicted molar refractivity (Wildman–Crippen MR) is 124 cm³/mol. The Morgan fingerprint density at radius 2 is 1.28 bits per heavy atom. The minimum atomic E-state index is -0.363. The fourth-order valence-electron chi connectivity index (χ4n) is 4.12. The third-order valence-electron chi connectivity index (χ3n) is 5.79. The summed E-state index contributed by atoms with van der Waals surface area (Å²) in [4.78, 5) is 24.2. The van der Waals surface area contributed by atoms with Crippen molar-refractivity contribution in [1.29, 1.82) is 0 Å². The Balaban J connectivity index is 0.000000166. The van der Waals surface area contributed by atoms with Crippen molar-refractivity contribution in [1.82, 2.24) is 0 Å². The summed E-state index contributed by atoms with van der Waals surface area (Å²) in [5, 5.41) is 1.14. The minimum absolute atomic E-state index is 0.130. The van der Waals surface area contributed by atoms with Gasteiger partial charge < -0.3 is 0 Å². The predicted octanol–water partition coefficient (Wildman–Crippen LogP) is 7.94. The summed E-state index contributed by atoms with van der Waals surface area (Å²) in [5.41, 5.74) is 1.33. The Kier molecular flexibility index (Phi) is 7.95. The van der Waals surface area contributed by atoms with Gasteiger partial charge in [0.25, 0.3) is 0 Å². The van der Waals surface area contributed by atoms with Crippen molar-refractivity contribution in [3.63, 3.8) is 0 Å². The van der Waals surface area contributed by atoms with E-state index in [2.05, 4.69) is 15.9 Å². The summed E-state index contributed by atoms with van der Waals surface area (Å²) in [6.45, 7) is 0. The molecule has 4 rings (SSSR count). The highest BCUT2D eigenvalue weighted by Gasteiger charge is 2.39. The first kappa shape index (κ1) is 22.5. The number of halogens is 3. The zero-order valence-electron chi connectivity index (χ0n) is 16.3. The summed E-state index contributed by atoms with van der Waals surface area (Å²) in [5.74, 6) is 0.577. The van der Waals surface area contributed by atoms with Crippen molar-refractivity contribution < 1.29 is 9.59 Å². The molecule has 0 amide bonds. The number of rotatable bonds is 4. The molecule has 0 unspecified atom stereocenters. The number of benzene rings is 2. The van der Waals surface area contributed by atoms with Crippen LogP contribution in [0.5, 0.6) is 0 Å². The molecule has 0 saturated heterocycles. The summed E-state index contributed by atoms with van der Waals surface area (Å²) >= 11 is 15.6. The summed E-state index contributed by atoms with van der Waals surface area (Å²) in [6.07, 6.45) is 8.48. The van der Waals surface area contributed by atoms with Crippen LogP contribution in [0.15, 0.2) is 48.5 Å². The van der Waals surface area contributed by atoms with Crippen molar-refractivity contribution >= 4 is 50.7 Å². The first-order chi connectivity index (χ1) is 13.9. The lowest BCUT2D eigenvalue weighted by Gasteiger charge is -2.19. The van der Waals surface area contributed by atoms with Gasteiger partial charge in [0.15, 0.2) is 11.6 Å². The van der Waals surface area contributed by atoms with Gasteiger partial charge in [-0.1, -0.05) is 89.1 Å². The average molecular weight is 496 g/mol. The Labute approximate surface area is 191 Å². The lowest BCUT2D eigenvalue weighted by molar-refractivity contribution is 0.0921. The van der Waals surface area contributed by atoms with Gasteiger partial charge in [0.1, 0.15) is 0 Å². The van der Waals surface area contributed by atoms with E-state index < -0.39 is 0 Å². The van der Waals surface area contributed by atoms with E-state index in [1.807, 2.05) is 30.3 Å². The average Bonchev–Trinajstić information content (AvgIpc) is 3.41. The highest BCUT2D eigenvalue weighted by molar-refractivity contribution is 9.10. The Morgan fingerprint density at radius 3 is 1.79 bits per heavy atom. The standard InChI is InChI=1S/C12H12BrClO.C12H13ClO/c13-12(7-3-4-8-12)11(15)9-5-1-2-6-10(9)14;13-11-8-4-3-7-10(11)12(14)9-5-1-2-6-9/h1-2,5-6H,3-4,7-8H2;3-4,7-9H,1-2,5-6H2. The van der Waals surface area contributed by atoms with E-state index in [0.29, 0.717) is 21.2 Å². The lowest BCUT2D eigenvalue weighted by Crippen LogP contribution is -2.28. The van der Waals surface area contributed by atoms with Gasteiger partial charge in [0.05, 0.1) is 14.4 Å². The second-order valence-electron chi connectivity index (χ2n) is 7.81. The van der Waals surface area contributed by atoms with Crippen LogP contribution in [0.3, 0.4) is 0 Å². The second kappa shape index (κ2) is 10.2. The smallest absolute Gasteiger partial charge is 0.181 e. The first-order valence-corrected chi connectivity index (χ1v) is 11.7. The monoisotopic (exact) mass is 494 g/mol. The number of hydrogen-bond donors (Lipinski definition) is 0. The normalized spacial score (nSPS) is 18.2. The number of hydrogen-bond acceptors (Lipinski definition) is 2. The lowest BCUT2D eigenvalue weighted by atomic mass is 9.96. The molecular weight excluding hydrogens is 471 g/mol. The number of carbonyl (C=O) groups excluding carboxylic acids is 2. The van der Waals surface area contributed by atoms with E-state index in [1.54, 1.807) is 18.2 Å². The highest BCUT2D eigenvalue weighted by atomic mass is 79.9. The molecule has 2 aromatic rings. The summed E-state index contributed by atoms with van der Waals surface area (Å²) in [7, 11) is 0. The van der Waals surface area contributed by atoms with E-state index >= 15 is 0 Å². The molecule has 0 atom stereocenters. The minimum Gasteiger partial charge on any atom is -0.294 e. The second-order valence-corrected chi connectivity index (χ2v) is 10.1. The first-order valence-electron chi connectivity index (χ1n) is 10.2. The van der Waals surface area contributed by atoms with Crippen LogP contribution in [0.4, 0.5) is 0 Å². The van der Waals surface area contributed by atoms with Gasteiger partial charge in [0, 0.05) is 17.0 Å². The molecule has 0 heterocycles. The van der Waals surface area contributed by atoms with E-state index in [-0.39, 0.29) is 21.8 Å². The van der Waals surface area contributed by atoms with Crippen molar-refractivity contribution in [2.24, 2.45) is 5.92 Å². The molecule has 2 fully saturated rings. The van der Waals surface area contributed by atoms with Crippen LogP contribution in [0.1, 0.15) is 72.1 Å². The molecule has 2 aromatic carbocycles. The topological polar surface area (TPSA) is 34.1 Å². The van der Waals surface area contributed by atoms with Crippen molar-refractivity contribution in [3.8, 4) is 0 Å². The molecule has 5 heteroatoms. The number of alkyl halides is 1. The van der Waals surface area contributed by atoms with E-state index in [9.17, 15) is 9.59 Å². The Morgan fingerprint density at radius 1 is 0.793 bits per heavy atom. The maximum atomic E-state index is 12.3. The zero-order valence-corrected chi connectivity index (χ0v) is 19.4. The van der Waals surface area contributed by atoms with Gasteiger partial charge in [-0.25, -0.2) is 0 Å². The number of carbonyl (C=O) groups is 2. The third-order valence-corrected chi connectivity index (χ3v) is 7.60. The van der Waals surface area contributed by atoms with Crippen LogP contribution in [0.25, 0.3) is 0 Å². The maximum absolute atomic E-state index is 12.3. The molecule has 2 saturated carbocycles. The van der Waals surface area contributed by atoms with Crippen molar-refractivity contribution in [3.05, 3.63) is 69.7 Å². The molecule has 2 aliphatic rings. The van der Waals surface area contributed by atoms with Crippen molar-refractivity contribution in [2.75, 3.05) is 0 Å². The quantitative estimate of drug-likeness (QED) is 0.318. The Bertz CT molecular complexity index is 869.